The molecule has 0 aromatic heterocycles. The molecule has 48 heavy (non-hydrogen) atoms. The fourth-order valence-electron chi connectivity index (χ4n) is 7.53. The molecule has 1 saturated heterocycles. The molecule has 2 N–H and O–H groups in total. The highest BCUT2D eigenvalue weighted by molar-refractivity contribution is 7.99. The zero-order valence-electron chi connectivity index (χ0n) is 31.6. The van der Waals surface area contributed by atoms with E-state index in [9.17, 15) is 9.59 Å². The third-order valence-electron chi connectivity index (χ3n) is 10.7. The number of hydrogen-bond acceptors (Lipinski definition) is 8. The highest BCUT2D eigenvalue weighted by Crippen LogP contribution is 2.51. The molecular weight excluding hydrogens is 621 g/mol. The molecule has 2 aliphatic heterocycles. The van der Waals surface area contributed by atoms with E-state index in [-0.39, 0.29) is 34.2 Å². The van der Waals surface area contributed by atoms with Crippen molar-refractivity contribution in [3.8, 4) is 0 Å². The highest BCUT2D eigenvalue weighted by atomic mass is 32.2. The van der Waals surface area contributed by atoms with Crippen LogP contribution in [0.25, 0.3) is 0 Å². The Morgan fingerprint density at radius 1 is 1.04 bits per heavy atom. The van der Waals surface area contributed by atoms with Crippen LogP contribution in [-0.4, -0.2) is 70.7 Å². The molecule has 2 fully saturated rings. The van der Waals surface area contributed by atoms with Crippen LogP contribution >= 0.6 is 11.8 Å². The van der Waals surface area contributed by atoms with Gasteiger partial charge in [-0.15, -0.1) is 11.8 Å². The number of ether oxygens (including phenoxy) is 2. The molecule has 1 aromatic carbocycles. The van der Waals surface area contributed by atoms with Crippen molar-refractivity contribution in [2.24, 2.45) is 33.4 Å². The van der Waals surface area contributed by atoms with Crippen molar-refractivity contribution in [2.75, 3.05) is 26.0 Å². The Balaban J connectivity index is 1.69. The maximum absolute atomic E-state index is 14.9. The largest absolute Gasteiger partial charge is 0.448 e. The van der Waals surface area contributed by atoms with Crippen molar-refractivity contribution < 1.29 is 19.1 Å². The second-order valence-electron chi connectivity index (χ2n) is 17.2. The molecule has 1 spiro atoms. The number of nitrogens with two attached hydrogens (primary N) is 1. The fraction of sp³-hybridized carbons (Fsp3) is 0.769. The molecule has 9 heteroatoms. The van der Waals surface area contributed by atoms with Crippen LogP contribution in [0, 0.1) is 22.7 Å². The molecule has 2 unspecified atom stereocenters. The number of amides is 1. The van der Waals surface area contributed by atoms with Gasteiger partial charge in [-0.3, -0.25) is 9.69 Å². The van der Waals surface area contributed by atoms with Crippen LogP contribution in [0.15, 0.2) is 29.3 Å². The van der Waals surface area contributed by atoms with E-state index >= 15 is 0 Å². The summed E-state index contributed by atoms with van der Waals surface area (Å²) in [7, 11) is 0. The first-order chi connectivity index (χ1) is 22.4. The van der Waals surface area contributed by atoms with Crippen LogP contribution in [0.1, 0.15) is 136 Å². The second-order valence-corrected chi connectivity index (χ2v) is 18.4. The summed E-state index contributed by atoms with van der Waals surface area (Å²) in [5, 5.41) is 0. The van der Waals surface area contributed by atoms with Gasteiger partial charge in [0.1, 0.15) is 16.8 Å². The fourth-order valence-corrected chi connectivity index (χ4v) is 7.72. The SMILES string of the molecule is CSC(C)OC(=O)c1ccc([C@@](N)(CCC(C)(C)C)N2C(=O)C(N3CCC(OCCCC(C)C)C3)=NC23CCC(C(C)(C)C)CC3)cc1. The Kier molecular flexibility index (Phi) is 12.4. The molecule has 1 aliphatic carbocycles. The molecular formula is C39H64N4O4S. The monoisotopic (exact) mass is 684 g/mol. The minimum atomic E-state index is -1.12. The summed E-state index contributed by atoms with van der Waals surface area (Å²) in [4.78, 5) is 37.3. The van der Waals surface area contributed by atoms with Crippen molar-refractivity contribution in [3.63, 3.8) is 0 Å². The number of esters is 1. The van der Waals surface area contributed by atoms with Crippen molar-refractivity contribution in [1.29, 1.82) is 0 Å². The van der Waals surface area contributed by atoms with Gasteiger partial charge in [0, 0.05) is 19.7 Å². The van der Waals surface area contributed by atoms with Crippen molar-refractivity contribution >= 4 is 29.5 Å². The van der Waals surface area contributed by atoms with Crippen LogP contribution in [0.3, 0.4) is 0 Å². The number of hydrogen-bond donors (Lipinski definition) is 1. The number of rotatable bonds is 12. The number of amidine groups is 1. The van der Waals surface area contributed by atoms with Gasteiger partial charge >= 0.3 is 5.97 Å². The van der Waals surface area contributed by atoms with Crippen LogP contribution in [0.5, 0.6) is 0 Å². The third kappa shape index (κ3) is 9.16. The zero-order chi connectivity index (χ0) is 35.5. The smallest absolute Gasteiger partial charge is 0.339 e. The molecule has 270 valence electrons. The highest BCUT2D eigenvalue weighted by Gasteiger charge is 2.58. The molecule has 2 heterocycles. The van der Waals surface area contributed by atoms with Crippen LogP contribution in [0.2, 0.25) is 0 Å². The van der Waals surface area contributed by atoms with E-state index in [1.165, 1.54) is 11.8 Å². The number of carbonyl (C=O) groups is 2. The predicted molar refractivity (Wildman–Crippen MR) is 198 cm³/mol. The lowest BCUT2D eigenvalue weighted by Gasteiger charge is -2.51. The Hall–Kier alpha value is -2.10. The maximum Gasteiger partial charge on any atom is 0.339 e. The lowest BCUT2D eigenvalue weighted by Crippen LogP contribution is -2.64. The third-order valence-corrected chi connectivity index (χ3v) is 11.5. The van der Waals surface area contributed by atoms with Gasteiger partial charge in [0.2, 0.25) is 0 Å². The van der Waals surface area contributed by atoms with Gasteiger partial charge in [-0.1, -0.05) is 67.5 Å². The number of aliphatic imine (C=N–C) groups is 1. The summed E-state index contributed by atoms with van der Waals surface area (Å²) in [6.45, 7) is 22.1. The van der Waals surface area contributed by atoms with Gasteiger partial charge in [-0.05, 0) is 111 Å². The topological polar surface area (TPSA) is 97.5 Å². The van der Waals surface area contributed by atoms with E-state index in [2.05, 4.69) is 60.3 Å². The average Bonchev–Trinajstić information content (AvgIpc) is 3.59. The molecule has 1 amide bonds. The number of benzene rings is 1. The first-order valence-corrected chi connectivity index (χ1v) is 19.6. The van der Waals surface area contributed by atoms with E-state index in [0.29, 0.717) is 36.2 Å². The minimum absolute atomic E-state index is 0.000917. The summed E-state index contributed by atoms with van der Waals surface area (Å²) < 4.78 is 11.8. The van der Waals surface area contributed by atoms with E-state index in [1.54, 1.807) is 12.1 Å². The van der Waals surface area contributed by atoms with Crippen LogP contribution < -0.4 is 5.73 Å². The number of nitrogens with zero attached hydrogens (tertiary/aromatic N) is 3. The summed E-state index contributed by atoms with van der Waals surface area (Å²) >= 11 is 1.48. The maximum atomic E-state index is 14.9. The summed E-state index contributed by atoms with van der Waals surface area (Å²) in [6.07, 6.45) is 10.0. The van der Waals surface area contributed by atoms with Gasteiger partial charge in [-0.2, -0.15) is 0 Å². The number of carbonyl (C=O) groups excluding carboxylic acids is 2. The lowest BCUT2D eigenvalue weighted by atomic mass is 9.69. The normalized spacial score (nSPS) is 25.5. The Bertz CT molecular complexity index is 1280. The molecule has 4 rings (SSSR count). The Morgan fingerprint density at radius 2 is 1.69 bits per heavy atom. The van der Waals surface area contributed by atoms with Crippen molar-refractivity contribution in [2.45, 2.75) is 143 Å². The van der Waals surface area contributed by atoms with E-state index in [0.717, 1.165) is 70.1 Å². The van der Waals surface area contributed by atoms with Crippen LogP contribution in [0.4, 0.5) is 0 Å². The second kappa shape index (κ2) is 15.4. The summed E-state index contributed by atoms with van der Waals surface area (Å²) in [5.41, 5.74) is 7.03. The molecule has 1 saturated carbocycles. The first-order valence-electron chi connectivity index (χ1n) is 18.3. The molecule has 3 atom stereocenters. The number of likely N-dealkylation sites (tertiary alicyclic amines) is 1. The number of thioether (sulfide) groups is 1. The van der Waals surface area contributed by atoms with Gasteiger partial charge < -0.3 is 20.1 Å². The first kappa shape index (κ1) is 38.7. The zero-order valence-corrected chi connectivity index (χ0v) is 32.4. The van der Waals surface area contributed by atoms with Crippen molar-refractivity contribution in [1.82, 2.24) is 9.80 Å². The summed E-state index contributed by atoms with van der Waals surface area (Å²) in [6, 6.07) is 7.41. The van der Waals surface area contributed by atoms with E-state index in [1.807, 2.05) is 30.2 Å². The van der Waals surface area contributed by atoms with Gasteiger partial charge in [0.05, 0.1) is 11.7 Å². The molecule has 0 radical (unpaired) electrons. The quantitative estimate of drug-likeness (QED) is 0.135. The standard InChI is InChI=1S/C39H64N4O4S/c1-27(2)12-11-25-46-32-19-24-42(26-32)33-34(44)43(38(41-33)20-17-30(18-21-38)37(7,8)9)39(40,23-22-36(4,5)6)31-15-13-29(14-16-31)35(45)47-28(3)48-10/h13-16,27-28,30,32H,11-12,17-26,40H2,1-10H3/t28?,30?,32?,38?,39-/m1/s1. The Morgan fingerprint density at radius 3 is 2.25 bits per heavy atom. The lowest BCUT2D eigenvalue weighted by molar-refractivity contribution is -0.142. The van der Waals surface area contributed by atoms with E-state index in [4.69, 9.17) is 20.2 Å². The summed E-state index contributed by atoms with van der Waals surface area (Å²) in [5.74, 6) is 1.30. The van der Waals surface area contributed by atoms with Gasteiger partial charge in [-0.25, -0.2) is 9.79 Å². The minimum Gasteiger partial charge on any atom is -0.448 e. The van der Waals surface area contributed by atoms with Gasteiger partial charge in [0.15, 0.2) is 5.84 Å². The molecule has 8 nitrogen and oxygen atoms in total. The molecule has 1 aromatic rings. The predicted octanol–water partition coefficient (Wildman–Crippen LogP) is 8.19. The molecule has 0 bridgehead atoms. The van der Waals surface area contributed by atoms with Gasteiger partial charge in [0.25, 0.3) is 5.91 Å². The average molecular weight is 685 g/mol. The molecule has 3 aliphatic rings. The van der Waals surface area contributed by atoms with Crippen LogP contribution in [-0.2, 0) is 19.9 Å². The Labute approximate surface area is 295 Å². The van der Waals surface area contributed by atoms with E-state index < -0.39 is 11.3 Å². The van der Waals surface area contributed by atoms with Crippen molar-refractivity contribution in [3.05, 3.63) is 35.4 Å².